The molecule has 1 heterocycles. The summed E-state index contributed by atoms with van der Waals surface area (Å²) in [5.41, 5.74) is 3.96. The number of methoxy groups -OCH3 is 1. The molecule has 3 aromatic carbocycles. The summed E-state index contributed by atoms with van der Waals surface area (Å²) in [4.78, 5) is 13.9. The molecule has 7 nitrogen and oxygen atoms in total. The predicted molar refractivity (Wildman–Crippen MR) is 147 cm³/mol. The molecule has 0 radical (unpaired) electrons. The molecule has 0 spiro atoms. The molecule has 1 unspecified atom stereocenters. The zero-order chi connectivity index (χ0) is 25.5. The maximum atomic E-state index is 12.7. The lowest BCUT2D eigenvalue weighted by Gasteiger charge is -2.17. The molecule has 0 saturated heterocycles. The van der Waals surface area contributed by atoms with Crippen LogP contribution in [0.1, 0.15) is 29.9 Å². The summed E-state index contributed by atoms with van der Waals surface area (Å²) in [5.74, 6) is 2.18. The molecule has 9 heteroatoms. The fourth-order valence-corrected chi connectivity index (χ4v) is 4.91. The minimum atomic E-state index is -0.379. The Bertz CT molecular complexity index is 1310. The number of nitrogens with zero attached hydrogens (tertiary/aromatic N) is 3. The van der Waals surface area contributed by atoms with Crippen LogP contribution in [-0.4, -0.2) is 34.2 Å². The van der Waals surface area contributed by atoms with E-state index in [1.807, 2.05) is 72.3 Å². The van der Waals surface area contributed by atoms with Gasteiger partial charge in [-0.1, -0.05) is 41.6 Å². The normalized spacial score (nSPS) is 11.7. The zero-order valence-corrected chi connectivity index (χ0v) is 22.3. The van der Waals surface area contributed by atoms with Crippen molar-refractivity contribution < 1.29 is 9.53 Å². The molecular weight excluding hydrogens is 490 g/mol. The average Bonchev–Trinajstić information content (AvgIpc) is 3.32. The number of aromatic nitrogens is 3. The molecule has 1 atom stereocenters. The Morgan fingerprint density at radius 2 is 1.81 bits per heavy atom. The first-order valence-corrected chi connectivity index (χ1v) is 13.7. The molecule has 1 aromatic heterocycles. The lowest BCUT2D eigenvalue weighted by molar-refractivity contribution is 0.249. The SMILES string of the molecule is COc1cccc(CSc2nnc(C(C)NC(=O)Nc3ccc(SC)cc3)n2-c2ccc(C)cc2)c1. The summed E-state index contributed by atoms with van der Waals surface area (Å²) >= 11 is 3.24. The van der Waals surface area contributed by atoms with Crippen molar-refractivity contribution in [1.82, 2.24) is 20.1 Å². The highest BCUT2D eigenvalue weighted by atomic mass is 32.2. The number of thioether (sulfide) groups is 2. The van der Waals surface area contributed by atoms with Crippen LogP contribution < -0.4 is 15.4 Å². The number of ether oxygens (including phenoxy) is 1. The molecule has 0 bridgehead atoms. The van der Waals surface area contributed by atoms with Crippen LogP contribution in [0.4, 0.5) is 10.5 Å². The van der Waals surface area contributed by atoms with E-state index in [4.69, 9.17) is 4.74 Å². The van der Waals surface area contributed by atoms with Crippen LogP contribution >= 0.6 is 23.5 Å². The van der Waals surface area contributed by atoms with Crippen LogP contribution in [0, 0.1) is 6.92 Å². The smallest absolute Gasteiger partial charge is 0.319 e. The van der Waals surface area contributed by atoms with E-state index in [1.54, 1.807) is 30.6 Å². The summed E-state index contributed by atoms with van der Waals surface area (Å²) < 4.78 is 7.35. The summed E-state index contributed by atoms with van der Waals surface area (Å²) in [5, 5.41) is 15.6. The lowest BCUT2D eigenvalue weighted by atomic mass is 10.2. The van der Waals surface area contributed by atoms with E-state index in [1.165, 1.54) is 0 Å². The van der Waals surface area contributed by atoms with Gasteiger partial charge in [-0.05, 0) is 74.2 Å². The van der Waals surface area contributed by atoms with Crippen molar-refractivity contribution in [3.63, 3.8) is 0 Å². The van der Waals surface area contributed by atoms with Gasteiger partial charge in [0.05, 0.1) is 13.2 Å². The number of aryl methyl sites for hydroxylation is 1. The van der Waals surface area contributed by atoms with Gasteiger partial charge < -0.3 is 15.4 Å². The number of carbonyl (C=O) groups is 1. The molecule has 186 valence electrons. The average molecular weight is 520 g/mol. The largest absolute Gasteiger partial charge is 0.497 e. The summed E-state index contributed by atoms with van der Waals surface area (Å²) in [6.07, 6.45) is 2.02. The van der Waals surface area contributed by atoms with Crippen molar-refractivity contribution in [3.05, 3.63) is 89.7 Å². The molecule has 0 aliphatic rings. The van der Waals surface area contributed by atoms with E-state index in [-0.39, 0.29) is 12.1 Å². The van der Waals surface area contributed by atoms with Gasteiger partial charge in [-0.3, -0.25) is 4.57 Å². The third-order valence-corrected chi connectivity index (χ3v) is 7.28. The van der Waals surface area contributed by atoms with Gasteiger partial charge in [0.15, 0.2) is 11.0 Å². The van der Waals surface area contributed by atoms with Gasteiger partial charge >= 0.3 is 6.03 Å². The molecule has 4 rings (SSSR count). The number of anilines is 1. The van der Waals surface area contributed by atoms with Gasteiger partial charge in [0.25, 0.3) is 0 Å². The Morgan fingerprint density at radius 3 is 2.50 bits per heavy atom. The van der Waals surface area contributed by atoms with E-state index >= 15 is 0 Å². The highest BCUT2D eigenvalue weighted by molar-refractivity contribution is 7.98. The minimum absolute atomic E-state index is 0.302. The van der Waals surface area contributed by atoms with E-state index in [0.29, 0.717) is 11.6 Å². The Labute approximate surface area is 220 Å². The first-order valence-electron chi connectivity index (χ1n) is 11.5. The molecule has 2 N–H and O–H groups in total. The van der Waals surface area contributed by atoms with Crippen LogP contribution in [0.25, 0.3) is 5.69 Å². The van der Waals surface area contributed by atoms with Crippen molar-refractivity contribution in [2.75, 3.05) is 18.7 Å². The zero-order valence-electron chi connectivity index (χ0n) is 20.7. The van der Waals surface area contributed by atoms with E-state index in [9.17, 15) is 4.79 Å². The maximum absolute atomic E-state index is 12.7. The highest BCUT2D eigenvalue weighted by Gasteiger charge is 2.21. The number of benzene rings is 3. The summed E-state index contributed by atoms with van der Waals surface area (Å²) in [7, 11) is 1.66. The second kappa shape index (κ2) is 12.0. The monoisotopic (exact) mass is 519 g/mol. The van der Waals surface area contributed by atoms with Crippen LogP contribution in [0.5, 0.6) is 5.75 Å². The molecule has 0 saturated carbocycles. The number of rotatable bonds is 9. The van der Waals surface area contributed by atoms with Gasteiger partial charge in [-0.15, -0.1) is 22.0 Å². The third kappa shape index (κ3) is 6.41. The van der Waals surface area contributed by atoms with Crippen molar-refractivity contribution in [2.45, 2.75) is 35.7 Å². The first kappa shape index (κ1) is 25.7. The standard InChI is InChI=1S/C27H29N5O2S2/c1-18-8-12-22(13-9-18)32-25(19(2)28-26(33)29-21-10-14-24(35-4)15-11-21)30-31-27(32)36-17-20-6-5-7-23(16-20)34-3/h5-16,19H,17H2,1-4H3,(H2,28,29,33). The second-order valence-electron chi connectivity index (χ2n) is 8.20. The Kier molecular flexibility index (Phi) is 8.56. The topological polar surface area (TPSA) is 81.1 Å². The minimum Gasteiger partial charge on any atom is -0.497 e. The number of amides is 2. The van der Waals surface area contributed by atoms with Gasteiger partial charge in [0.1, 0.15) is 5.75 Å². The number of hydrogen-bond donors (Lipinski definition) is 2. The highest BCUT2D eigenvalue weighted by Crippen LogP contribution is 2.29. The fraction of sp³-hybridized carbons (Fsp3) is 0.222. The number of urea groups is 1. The Hall–Kier alpha value is -3.43. The first-order chi connectivity index (χ1) is 17.5. The van der Waals surface area contributed by atoms with E-state index < -0.39 is 0 Å². The Morgan fingerprint density at radius 1 is 1.06 bits per heavy atom. The summed E-state index contributed by atoms with van der Waals surface area (Å²) in [6, 6.07) is 23.2. The summed E-state index contributed by atoms with van der Waals surface area (Å²) in [6.45, 7) is 3.96. The molecule has 0 fully saturated rings. The Balaban J connectivity index is 1.54. The van der Waals surface area contributed by atoms with Gasteiger partial charge in [-0.2, -0.15) is 0 Å². The third-order valence-electron chi connectivity index (χ3n) is 5.54. The van der Waals surface area contributed by atoms with Crippen LogP contribution in [0.15, 0.2) is 82.8 Å². The van der Waals surface area contributed by atoms with Gasteiger partial charge in [-0.25, -0.2) is 4.79 Å². The van der Waals surface area contributed by atoms with Gasteiger partial charge in [0.2, 0.25) is 0 Å². The number of carbonyl (C=O) groups excluding carboxylic acids is 1. The number of hydrogen-bond acceptors (Lipinski definition) is 6. The van der Waals surface area contributed by atoms with Crippen molar-refractivity contribution >= 4 is 35.2 Å². The van der Waals surface area contributed by atoms with Crippen molar-refractivity contribution in [2.24, 2.45) is 0 Å². The lowest BCUT2D eigenvalue weighted by Crippen LogP contribution is -2.32. The van der Waals surface area contributed by atoms with E-state index in [2.05, 4.69) is 46.0 Å². The molecule has 36 heavy (non-hydrogen) atoms. The molecule has 2 amide bonds. The van der Waals surface area contributed by atoms with Crippen LogP contribution in [0.3, 0.4) is 0 Å². The molecular formula is C27H29N5O2S2. The molecule has 0 aliphatic carbocycles. The van der Waals surface area contributed by atoms with E-state index in [0.717, 1.165) is 38.3 Å². The molecule has 4 aromatic rings. The molecule has 0 aliphatic heterocycles. The quantitative estimate of drug-likeness (QED) is 0.246. The predicted octanol–water partition coefficient (Wildman–Crippen LogP) is 6.48. The fourth-order valence-electron chi connectivity index (χ4n) is 3.60. The second-order valence-corrected chi connectivity index (χ2v) is 10.0. The van der Waals surface area contributed by atoms with Crippen molar-refractivity contribution in [1.29, 1.82) is 0 Å². The van der Waals surface area contributed by atoms with Crippen LogP contribution in [0.2, 0.25) is 0 Å². The number of nitrogens with one attached hydrogen (secondary N) is 2. The van der Waals surface area contributed by atoms with Crippen LogP contribution in [-0.2, 0) is 5.75 Å². The maximum Gasteiger partial charge on any atom is 0.319 e. The van der Waals surface area contributed by atoms with Gasteiger partial charge in [0, 0.05) is 22.0 Å². The van der Waals surface area contributed by atoms with Crippen molar-refractivity contribution in [3.8, 4) is 11.4 Å².